The van der Waals surface area contributed by atoms with E-state index in [2.05, 4.69) is 11.4 Å². The number of benzene rings is 1. The van der Waals surface area contributed by atoms with Crippen LogP contribution >= 0.6 is 22.7 Å². The van der Waals surface area contributed by atoms with E-state index in [1.807, 2.05) is 41.8 Å². The Morgan fingerprint density at radius 3 is 2.71 bits per heavy atom. The van der Waals surface area contributed by atoms with Crippen molar-refractivity contribution in [1.29, 1.82) is 0 Å². The quantitative estimate of drug-likeness (QED) is 0.380. The largest absolute Gasteiger partial charge is 0.452 e. The zero-order chi connectivity index (χ0) is 23.7. The van der Waals surface area contributed by atoms with E-state index in [0.717, 1.165) is 28.1 Å². The molecule has 7 nitrogen and oxygen atoms in total. The van der Waals surface area contributed by atoms with Crippen molar-refractivity contribution in [3.05, 3.63) is 80.5 Å². The Bertz CT molecular complexity index is 1450. The van der Waals surface area contributed by atoms with Gasteiger partial charge in [-0.15, -0.1) is 22.7 Å². The summed E-state index contributed by atoms with van der Waals surface area (Å²) in [5, 5.41) is 7.27. The predicted molar refractivity (Wildman–Crippen MR) is 134 cm³/mol. The minimum atomic E-state index is -0.640. The lowest BCUT2D eigenvalue weighted by molar-refractivity contribution is -0.119. The van der Waals surface area contributed by atoms with Gasteiger partial charge in [0.2, 0.25) is 0 Å². The number of para-hydroxylation sites is 1. The number of anilines is 1. The third-order valence-corrected chi connectivity index (χ3v) is 7.17. The smallest absolute Gasteiger partial charge is 0.339 e. The van der Waals surface area contributed by atoms with Crippen LogP contribution in [-0.4, -0.2) is 29.4 Å². The predicted octanol–water partition coefficient (Wildman–Crippen LogP) is 4.74. The molecule has 1 aliphatic rings. The van der Waals surface area contributed by atoms with Crippen molar-refractivity contribution in [1.82, 2.24) is 4.98 Å². The van der Waals surface area contributed by atoms with Gasteiger partial charge in [0.25, 0.3) is 11.8 Å². The molecule has 34 heavy (non-hydrogen) atoms. The Morgan fingerprint density at radius 1 is 1.06 bits per heavy atom. The van der Waals surface area contributed by atoms with Crippen LogP contribution in [0.5, 0.6) is 0 Å². The zero-order valence-corrected chi connectivity index (χ0v) is 19.5. The summed E-state index contributed by atoms with van der Waals surface area (Å²) in [7, 11) is 0. The van der Waals surface area contributed by atoms with Crippen molar-refractivity contribution in [3.8, 4) is 0 Å². The third kappa shape index (κ3) is 4.23. The van der Waals surface area contributed by atoms with Gasteiger partial charge in [0.1, 0.15) is 5.00 Å². The number of ether oxygens (including phenoxy) is 1. The van der Waals surface area contributed by atoms with E-state index in [1.54, 1.807) is 16.7 Å². The average molecular weight is 490 g/mol. The summed E-state index contributed by atoms with van der Waals surface area (Å²) < 4.78 is 5.41. The fraction of sp³-hybridized carbons (Fsp3) is 0.120. The van der Waals surface area contributed by atoms with Crippen molar-refractivity contribution >= 4 is 68.0 Å². The molecule has 9 heteroatoms. The normalized spacial score (nSPS) is 13.7. The Hall–Kier alpha value is -3.82. The molecule has 0 aliphatic heterocycles. The number of allylic oxidation sites excluding steroid dienone is 1. The number of fused-ring (bicyclic) bond motifs is 2. The molecule has 3 aromatic heterocycles. The second-order valence-corrected chi connectivity index (χ2v) is 9.56. The minimum absolute atomic E-state index is 0.215. The number of esters is 1. The number of hydrogen-bond donors (Lipinski definition) is 2. The van der Waals surface area contributed by atoms with Gasteiger partial charge in [-0.05, 0) is 59.0 Å². The molecule has 0 atom stereocenters. The van der Waals surface area contributed by atoms with Crippen molar-refractivity contribution in [3.63, 3.8) is 0 Å². The fourth-order valence-electron chi connectivity index (χ4n) is 4.02. The lowest BCUT2D eigenvalue weighted by Crippen LogP contribution is -2.23. The van der Waals surface area contributed by atoms with Crippen LogP contribution in [0.15, 0.2) is 53.2 Å². The van der Waals surface area contributed by atoms with Crippen LogP contribution < -0.4 is 11.1 Å². The molecule has 0 saturated heterocycles. The van der Waals surface area contributed by atoms with Crippen LogP contribution in [0.1, 0.15) is 43.3 Å². The SMILES string of the molecule is NC(=O)c1ccsc1NC(=O)COC(=O)c1c2c(nc3ccccc13)/C(=C/c1cccs1)CC2. The highest BCUT2D eigenvalue weighted by Gasteiger charge is 2.28. The third-order valence-electron chi connectivity index (χ3n) is 5.52. The number of hydrogen-bond acceptors (Lipinski definition) is 7. The minimum Gasteiger partial charge on any atom is -0.452 e. The van der Waals surface area contributed by atoms with Crippen LogP contribution in [0.2, 0.25) is 0 Å². The number of nitrogens with zero attached hydrogens (tertiary/aromatic N) is 1. The van der Waals surface area contributed by atoms with Gasteiger partial charge >= 0.3 is 5.97 Å². The average Bonchev–Trinajstić information content (AvgIpc) is 3.58. The van der Waals surface area contributed by atoms with E-state index < -0.39 is 24.4 Å². The molecule has 4 aromatic rings. The first-order valence-corrected chi connectivity index (χ1v) is 12.3. The van der Waals surface area contributed by atoms with Crippen LogP contribution in [0.4, 0.5) is 5.00 Å². The van der Waals surface area contributed by atoms with Crippen molar-refractivity contribution in [2.75, 3.05) is 11.9 Å². The van der Waals surface area contributed by atoms with Gasteiger partial charge in [-0.3, -0.25) is 9.59 Å². The number of carbonyl (C=O) groups is 3. The second-order valence-electron chi connectivity index (χ2n) is 7.67. The molecule has 0 bridgehead atoms. The Morgan fingerprint density at radius 2 is 1.91 bits per heavy atom. The monoisotopic (exact) mass is 489 g/mol. The van der Waals surface area contributed by atoms with Crippen LogP contribution in [0.3, 0.4) is 0 Å². The number of nitrogens with two attached hydrogens (primary N) is 1. The molecular weight excluding hydrogens is 470 g/mol. The maximum Gasteiger partial charge on any atom is 0.339 e. The molecule has 0 unspecified atom stereocenters. The van der Waals surface area contributed by atoms with Gasteiger partial charge in [0.05, 0.1) is 22.3 Å². The highest BCUT2D eigenvalue weighted by atomic mass is 32.1. The highest BCUT2D eigenvalue weighted by Crippen LogP contribution is 2.38. The lowest BCUT2D eigenvalue weighted by Gasteiger charge is -2.12. The fourth-order valence-corrected chi connectivity index (χ4v) is 5.51. The Balaban J connectivity index is 1.42. The van der Waals surface area contributed by atoms with Crippen LogP contribution in [0.25, 0.3) is 22.6 Å². The number of primary amides is 1. The molecule has 0 spiro atoms. The molecule has 0 radical (unpaired) electrons. The molecule has 3 N–H and O–H groups in total. The van der Waals surface area contributed by atoms with Gasteiger partial charge < -0.3 is 15.8 Å². The Labute approximate surface area is 202 Å². The van der Waals surface area contributed by atoms with E-state index in [1.165, 1.54) is 17.4 Å². The number of rotatable bonds is 6. The van der Waals surface area contributed by atoms with Crippen molar-refractivity contribution < 1.29 is 19.1 Å². The van der Waals surface area contributed by atoms with Gasteiger partial charge in [-0.25, -0.2) is 9.78 Å². The molecule has 5 rings (SSSR count). The molecule has 0 saturated carbocycles. The van der Waals surface area contributed by atoms with Gasteiger partial charge in [0.15, 0.2) is 6.61 Å². The van der Waals surface area contributed by atoms with E-state index in [0.29, 0.717) is 27.9 Å². The number of nitrogens with one attached hydrogen (secondary N) is 1. The second kappa shape index (κ2) is 9.20. The summed E-state index contributed by atoms with van der Waals surface area (Å²) in [6, 6.07) is 13.0. The summed E-state index contributed by atoms with van der Waals surface area (Å²) >= 11 is 2.82. The first-order chi connectivity index (χ1) is 16.5. The van der Waals surface area contributed by atoms with E-state index >= 15 is 0 Å². The zero-order valence-electron chi connectivity index (χ0n) is 17.9. The number of carbonyl (C=O) groups excluding carboxylic acids is 3. The summed E-state index contributed by atoms with van der Waals surface area (Å²) in [6.45, 7) is -0.488. The molecule has 1 aromatic carbocycles. The standard InChI is InChI=1S/C25H19N3O4S2/c26-23(30)18-9-11-34-24(18)28-20(29)13-32-25(31)21-16-5-1-2-6-19(16)27-22-14(7-8-17(21)22)12-15-4-3-10-33-15/h1-6,9-12H,7-8,13H2,(H2,26,30)(H,28,29)/b14-12+. The maximum atomic E-state index is 13.2. The highest BCUT2D eigenvalue weighted by molar-refractivity contribution is 7.14. The van der Waals surface area contributed by atoms with E-state index in [-0.39, 0.29) is 5.56 Å². The van der Waals surface area contributed by atoms with Gasteiger partial charge in [0, 0.05) is 10.3 Å². The van der Waals surface area contributed by atoms with Crippen LogP contribution in [0, 0.1) is 0 Å². The summed E-state index contributed by atoms with van der Waals surface area (Å²) in [4.78, 5) is 43.0. The number of amides is 2. The number of pyridine rings is 1. The molecule has 3 heterocycles. The number of aromatic nitrogens is 1. The Kier molecular flexibility index (Phi) is 5.95. The molecule has 170 valence electrons. The van der Waals surface area contributed by atoms with Gasteiger partial charge in [-0.1, -0.05) is 24.3 Å². The first kappa shape index (κ1) is 22.0. The lowest BCUT2D eigenvalue weighted by atomic mass is 10.0. The van der Waals surface area contributed by atoms with Crippen molar-refractivity contribution in [2.45, 2.75) is 12.8 Å². The number of thiophene rings is 2. The molecule has 0 fully saturated rings. The summed E-state index contributed by atoms with van der Waals surface area (Å²) in [6.07, 6.45) is 3.54. The van der Waals surface area contributed by atoms with E-state index in [9.17, 15) is 14.4 Å². The summed E-state index contributed by atoms with van der Waals surface area (Å²) in [5.41, 5.74) is 9.37. The topological polar surface area (TPSA) is 111 Å². The molecule has 1 aliphatic carbocycles. The molecular formula is C25H19N3O4S2. The first-order valence-electron chi connectivity index (χ1n) is 10.5. The summed E-state index contributed by atoms with van der Waals surface area (Å²) in [5.74, 6) is -1.77. The molecule has 2 amide bonds. The van der Waals surface area contributed by atoms with Crippen molar-refractivity contribution in [2.24, 2.45) is 5.73 Å². The van der Waals surface area contributed by atoms with Crippen LogP contribution in [-0.2, 0) is 16.0 Å². The maximum absolute atomic E-state index is 13.2. The van der Waals surface area contributed by atoms with Gasteiger partial charge in [-0.2, -0.15) is 0 Å². The van der Waals surface area contributed by atoms with E-state index in [4.69, 9.17) is 15.5 Å².